The largest absolute Gasteiger partial charge is 0.442 e. The summed E-state index contributed by atoms with van der Waals surface area (Å²) in [5.41, 5.74) is 1.63. The molecule has 1 saturated heterocycles. The van der Waals surface area contributed by atoms with E-state index in [1.165, 1.54) is 17.9 Å². The van der Waals surface area contributed by atoms with E-state index in [2.05, 4.69) is 5.32 Å². The van der Waals surface area contributed by atoms with E-state index in [9.17, 15) is 18.8 Å². The summed E-state index contributed by atoms with van der Waals surface area (Å²) >= 11 is 0. The Morgan fingerprint density at radius 2 is 1.97 bits per heavy atom. The van der Waals surface area contributed by atoms with Crippen molar-refractivity contribution in [3.8, 4) is 0 Å². The number of rotatable bonds is 12. The van der Waals surface area contributed by atoms with Crippen molar-refractivity contribution in [2.45, 2.75) is 19.4 Å². The number of amides is 3. The van der Waals surface area contributed by atoms with Gasteiger partial charge < -0.3 is 29.2 Å². The number of carbonyl (C=O) groups excluding carboxylic acids is 3. The maximum absolute atomic E-state index is 14.9. The molecule has 0 aromatic heterocycles. The lowest BCUT2D eigenvalue weighted by Gasteiger charge is -2.27. The monoisotopic (exact) mass is 493 g/mol. The average Bonchev–Trinajstić information content (AvgIpc) is 3.22. The molecule has 0 radical (unpaired) electrons. The third-order valence-corrected chi connectivity index (χ3v) is 5.65. The third-order valence-electron chi connectivity index (χ3n) is 5.65. The summed E-state index contributed by atoms with van der Waals surface area (Å²) in [6.45, 7) is 4.30. The second-order valence-electron chi connectivity index (χ2n) is 8.19. The first-order valence-electron chi connectivity index (χ1n) is 11.5. The molecular formula is C24H32FN3O7. The Morgan fingerprint density at radius 1 is 1.20 bits per heavy atom. The maximum Gasteiger partial charge on any atom is 0.414 e. The number of methoxy groups -OCH3 is 1. The first-order chi connectivity index (χ1) is 16.9. The predicted molar refractivity (Wildman–Crippen MR) is 125 cm³/mol. The summed E-state index contributed by atoms with van der Waals surface area (Å²) in [6.07, 6.45) is 1.27. The highest BCUT2D eigenvalue weighted by Gasteiger charge is 2.33. The van der Waals surface area contributed by atoms with Gasteiger partial charge in [0.05, 0.1) is 45.2 Å². The van der Waals surface area contributed by atoms with Crippen LogP contribution in [0.4, 0.5) is 14.9 Å². The van der Waals surface area contributed by atoms with E-state index >= 15 is 0 Å². The number of nitrogens with zero attached hydrogens (tertiary/aromatic N) is 2. The van der Waals surface area contributed by atoms with Crippen LogP contribution in [0.25, 0.3) is 5.57 Å². The Morgan fingerprint density at radius 3 is 2.66 bits per heavy atom. The molecule has 0 unspecified atom stereocenters. The van der Waals surface area contributed by atoms with Crippen LogP contribution >= 0.6 is 0 Å². The summed E-state index contributed by atoms with van der Waals surface area (Å²) in [5, 5.41) is 2.61. The van der Waals surface area contributed by atoms with Crippen molar-refractivity contribution in [2.24, 2.45) is 0 Å². The van der Waals surface area contributed by atoms with Crippen molar-refractivity contribution < 1.29 is 37.7 Å². The average molecular weight is 494 g/mol. The molecule has 2 heterocycles. The second-order valence-corrected chi connectivity index (χ2v) is 8.19. The van der Waals surface area contributed by atoms with Gasteiger partial charge in [0.1, 0.15) is 18.5 Å². The number of carbonyl (C=O) groups is 3. The predicted octanol–water partition coefficient (Wildman–Crippen LogP) is 1.58. The van der Waals surface area contributed by atoms with Gasteiger partial charge in [-0.25, -0.2) is 9.18 Å². The lowest BCUT2D eigenvalue weighted by molar-refractivity contribution is -0.136. The number of nitrogens with one attached hydrogen (secondary N) is 1. The van der Waals surface area contributed by atoms with Crippen molar-refractivity contribution in [1.82, 2.24) is 10.2 Å². The summed E-state index contributed by atoms with van der Waals surface area (Å²) in [5.74, 6) is -0.801. The molecule has 1 N–H and O–H groups in total. The molecule has 1 atom stereocenters. The molecule has 35 heavy (non-hydrogen) atoms. The molecule has 10 nitrogen and oxygen atoms in total. The molecule has 0 aliphatic carbocycles. The van der Waals surface area contributed by atoms with Crippen LogP contribution in [0.2, 0.25) is 0 Å². The first-order valence-corrected chi connectivity index (χ1v) is 11.5. The third kappa shape index (κ3) is 7.74. The Bertz CT molecular complexity index is 940. The van der Waals surface area contributed by atoms with Gasteiger partial charge in [-0.05, 0) is 30.2 Å². The first kappa shape index (κ1) is 26.6. The molecule has 1 aromatic carbocycles. The number of hydrogen-bond acceptors (Lipinski definition) is 7. The highest BCUT2D eigenvalue weighted by atomic mass is 19.1. The molecule has 1 fully saturated rings. The summed E-state index contributed by atoms with van der Waals surface area (Å²) in [7, 11) is 1.60. The minimum absolute atomic E-state index is 0.0330. The summed E-state index contributed by atoms with van der Waals surface area (Å²) in [6, 6.07) is 4.61. The van der Waals surface area contributed by atoms with Crippen molar-refractivity contribution >= 4 is 29.2 Å². The molecule has 2 aliphatic heterocycles. The van der Waals surface area contributed by atoms with E-state index in [1.54, 1.807) is 24.1 Å². The summed E-state index contributed by atoms with van der Waals surface area (Å²) < 4.78 is 35.7. The zero-order chi connectivity index (χ0) is 25.2. The second kappa shape index (κ2) is 13.2. The van der Waals surface area contributed by atoms with Crippen molar-refractivity contribution in [1.29, 1.82) is 0 Å². The molecule has 0 spiro atoms. The Labute approximate surface area is 203 Å². The molecular weight excluding hydrogens is 461 g/mol. The van der Waals surface area contributed by atoms with E-state index < -0.39 is 18.0 Å². The topological polar surface area (TPSA) is 107 Å². The molecule has 3 amide bonds. The van der Waals surface area contributed by atoms with Gasteiger partial charge in [0.2, 0.25) is 11.8 Å². The van der Waals surface area contributed by atoms with Crippen molar-refractivity contribution in [3.05, 3.63) is 35.7 Å². The van der Waals surface area contributed by atoms with E-state index in [1.807, 2.05) is 6.08 Å². The van der Waals surface area contributed by atoms with Gasteiger partial charge in [-0.2, -0.15) is 0 Å². The van der Waals surface area contributed by atoms with Gasteiger partial charge >= 0.3 is 6.09 Å². The van der Waals surface area contributed by atoms with Gasteiger partial charge in [-0.1, -0.05) is 6.08 Å². The summed E-state index contributed by atoms with van der Waals surface area (Å²) in [4.78, 5) is 38.6. The Hall–Kier alpha value is -3.02. The fourth-order valence-electron chi connectivity index (χ4n) is 3.78. The zero-order valence-corrected chi connectivity index (χ0v) is 20.1. The molecule has 3 rings (SSSR count). The Kier molecular flexibility index (Phi) is 10.0. The standard InChI is InChI=1S/C24H32FN3O7/c1-17(29)26-14-20-15-28(24(31)35-20)19-3-4-21(22(25)13-19)18-5-7-27(8-6-18)23(30)16-34-12-11-33-10-9-32-2/h3-5,13,20H,6-12,14-16H2,1-2H3,(H,26,29)/t20-/m0/s1. The number of hydrogen-bond donors (Lipinski definition) is 1. The fourth-order valence-corrected chi connectivity index (χ4v) is 3.78. The maximum atomic E-state index is 14.9. The molecule has 0 saturated carbocycles. The van der Waals surface area contributed by atoms with Crippen LogP contribution in [0, 0.1) is 5.82 Å². The number of benzene rings is 1. The highest BCUT2D eigenvalue weighted by molar-refractivity contribution is 5.90. The number of cyclic esters (lactones) is 1. The van der Waals surface area contributed by atoms with Crippen LogP contribution in [0.5, 0.6) is 0 Å². The molecule has 192 valence electrons. The lowest BCUT2D eigenvalue weighted by atomic mass is 9.98. The van der Waals surface area contributed by atoms with E-state index in [4.69, 9.17) is 18.9 Å². The lowest BCUT2D eigenvalue weighted by Crippen LogP contribution is -2.37. The van der Waals surface area contributed by atoms with Crippen LogP contribution in [0.3, 0.4) is 0 Å². The smallest absolute Gasteiger partial charge is 0.414 e. The van der Waals surface area contributed by atoms with Gasteiger partial charge in [-0.3, -0.25) is 14.5 Å². The van der Waals surface area contributed by atoms with E-state index in [0.29, 0.717) is 57.2 Å². The van der Waals surface area contributed by atoms with Crippen LogP contribution < -0.4 is 10.2 Å². The zero-order valence-electron chi connectivity index (χ0n) is 20.1. The molecule has 1 aromatic rings. The van der Waals surface area contributed by atoms with Gasteiger partial charge in [0.25, 0.3) is 0 Å². The minimum Gasteiger partial charge on any atom is -0.442 e. The van der Waals surface area contributed by atoms with Gasteiger partial charge in [-0.15, -0.1) is 0 Å². The molecule has 0 bridgehead atoms. The van der Waals surface area contributed by atoms with Crippen LogP contribution in [0.1, 0.15) is 18.9 Å². The molecule has 11 heteroatoms. The number of ether oxygens (including phenoxy) is 4. The van der Waals surface area contributed by atoms with E-state index in [-0.39, 0.29) is 31.5 Å². The minimum atomic E-state index is -0.581. The van der Waals surface area contributed by atoms with Crippen LogP contribution in [-0.4, -0.2) is 95.2 Å². The fraction of sp³-hybridized carbons (Fsp3) is 0.542. The number of halogens is 1. The van der Waals surface area contributed by atoms with E-state index in [0.717, 1.165) is 5.57 Å². The highest BCUT2D eigenvalue weighted by Crippen LogP contribution is 2.29. The normalized spacial score (nSPS) is 17.9. The van der Waals surface area contributed by atoms with Gasteiger partial charge in [0.15, 0.2) is 0 Å². The van der Waals surface area contributed by atoms with Crippen LogP contribution in [-0.2, 0) is 28.5 Å². The Balaban J connectivity index is 1.49. The SMILES string of the molecule is COCCOCCOCC(=O)N1CC=C(c2ccc(N3C[C@H](CNC(C)=O)OC3=O)cc2F)CC1. The van der Waals surface area contributed by atoms with Crippen molar-refractivity contribution in [2.75, 3.05) is 71.2 Å². The van der Waals surface area contributed by atoms with Crippen molar-refractivity contribution in [3.63, 3.8) is 0 Å². The number of anilines is 1. The quantitative estimate of drug-likeness (QED) is 0.441. The van der Waals surface area contributed by atoms with Gasteiger partial charge in [0, 0.05) is 32.7 Å². The molecule has 2 aliphatic rings. The van der Waals surface area contributed by atoms with Crippen LogP contribution in [0.15, 0.2) is 24.3 Å².